The van der Waals surface area contributed by atoms with Crippen LogP contribution in [0.5, 0.6) is 5.75 Å². The molecule has 2 aromatic carbocycles. The molecule has 0 heterocycles. The number of aliphatic hydroxyl groups is 1. The molecule has 2 aromatic rings. The molecule has 0 aliphatic rings. The highest BCUT2D eigenvalue weighted by Crippen LogP contribution is 2.39. The number of ether oxygens (including phenoxy) is 1. The largest absolute Gasteiger partial charge is 0.493 e. The van der Waals surface area contributed by atoms with Gasteiger partial charge < -0.3 is 9.84 Å². The zero-order chi connectivity index (χ0) is 14.8. The minimum atomic E-state index is -1.22. The van der Waals surface area contributed by atoms with E-state index in [9.17, 15) is 5.11 Å². The van der Waals surface area contributed by atoms with Crippen molar-refractivity contribution in [3.8, 4) is 5.75 Å². The van der Waals surface area contributed by atoms with E-state index >= 15 is 0 Å². The van der Waals surface area contributed by atoms with Crippen molar-refractivity contribution in [1.82, 2.24) is 0 Å². The molecule has 0 radical (unpaired) electrons. The first kappa shape index (κ1) is 15.4. The van der Waals surface area contributed by atoms with Crippen LogP contribution in [0.2, 0.25) is 5.02 Å². The second kappa shape index (κ2) is 6.17. The van der Waals surface area contributed by atoms with Crippen molar-refractivity contribution in [2.75, 3.05) is 6.61 Å². The Balaban J connectivity index is 2.54. The smallest absolute Gasteiger partial charge is 0.125 e. The molecule has 20 heavy (non-hydrogen) atoms. The molecule has 0 saturated heterocycles. The van der Waals surface area contributed by atoms with E-state index in [-0.39, 0.29) is 0 Å². The van der Waals surface area contributed by atoms with Gasteiger partial charge in [-0.15, -0.1) is 0 Å². The third-order valence-electron chi connectivity index (χ3n) is 3.17. The molecule has 1 unspecified atom stereocenters. The predicted molar refractivity (Wildman–Crippen MR) is 85.4 cm³/mol. The lowest BCUT2D eigenvalue weighted by Gasteiger charge is -2.27. The maximum atomic E-state index is 11.0. The lowest BCUT2D eigenvalue weighted by Crippen LogP contribution is -2.24. The molecule has 0 spiro atoms. The van der Waals surface area contributed by atoms with Gasteiger partial charge in [0, 0.05) is 20.6 Å². The molecule has 0 aliphatic heterocycles. The first-order valence-electron chi connectivity index (χ1n) is 6.37. The Kier molecular flexibility index (Phi) is 4.74. The molecular weight excluding hydrogens is 340 g/mol. The number of halogens is 2. The molecule has 0 fully saturated rings. The third-order valence-corrected chi connectivity index (χ3v) is 3.97. The molecule has 1 N–H and O–H groups in total. The van der Waals surface area contributed by atoms with Crippen molar-refractivity contribution in [3.63, 3.8) is 0 Å². The maximum Gasteiger partial charge on any atom is 0.125 e. The average Bonchev–Trinajstić information content (AvgIpc) is 2.39. The highest BCUT2D eigenvalue weighted by molar-refractivity contribution is 9.10. The van der Waals surface area contributed by atoms with Gasteiger partial charge in [-0.3, -0.25) is 0 Å². The van der Waals surface area contributed by atoms with Crippen molar-refractivity contribution in [2.24, 2.45) is 0 Å². The maximum absolute atomic E-state index is 11.0. The highest BCUT2D eigenvalue weighted by Gasteiger charge is 2.31. The van der Waals surface area contributed by atoms with Gasteiger partial charge in [0.05, 0.1) is 6.61 Å². The van der Waals surface area contributed by atoms with Gasteiger partial charge in [-0.2, -0.15) is 0 Å². The summed E-state index contributed by atoms with van der Waals surface area (Å²) in [6, 6.07) is 12.9. The van der Waals surface area contributed by atoms with E-state index in [4.69, 9.17) is 16.3 Å². The first-order chi connectivity index (χ1) is 9.46. The van der Waals surface area contributed by atoms with E-state index in [0.717, 1.165) is 4.47 Å². The molecular formula is C16H16BrClO2. The number of rotatable bonds is 4. The van der Waals surface area contributed by atoms with Crippen LogP contribution in [0.15, 0.2) is 46.9 Å². The van der Waals surface area contributed by atoms with Crippen LogP contribution in [0.25, 0.3) is 0 Å². The molecule has 2 nitrogen and oxygen atoms in total. The Morgan fingerprint density at radius 3 is 2.55 bits per heavy atom. The summed E-state index contributed by atoms with van der Waals surface area (Å²) in [6.07, 6.45) is 0. The van der Waals surface area contributed by atoms with Crippen molar-refractivity contribution < 1.29 is 9.84 Å². The van der Waals surface area contributed by atoms with Crippen molar-refractivity contribution >= 4 is 27.5 Å². The van der Waals surface area contributed by atoms with E-state index in [1.807, 2.05) is 43.3 Å². The average molecular weight is 356 g/mol. The molecule has 0 aliphatic carbocycles. The number of benzene rings is 2. The zero-order valence-electron chi connectivity index (χ0n) is 11.4. The Morgan fingerprint density at radius 2 is 1.90 bits per heavy atom. The molecule has 0 bridgehead atoms. The minimum Gasteiger partial charge on any atom is -0.493 e. The van der Waals surface area contributed by atoms with Crippen LogP contribution in [0.3, 0.4) is 0 Å². The van der Waals surface area contributed by atoms with Crippen molar-refractivity contribution in [1.29, 1.82) is 0 Å². The summed E-state index contributed by atoms with van der Waals surface area (Å²) in [5.41, 5.74) is 0.129. The monoisotopic (exact) mass is 354 g/mol. The fourth-order valence-electron chi connectivity index (χ4n) is 2.18. The van der Waals surface area contributed by atoms with E-state index in [2.05, 4.69) is 15.9 Å². The summed E-state index contributed by atoms with van der Waals surface area (Å²) in [5, 5.41) is 11.5. The molecule has 0 saturated carbocycles. The van der Waals surface area contributed by atoms with Gasteiger partial charge in [0.25, 0.3) is 0 Å². The Hall–Kier alpha value is -1.03. The van der Waals surface area contributed by atoms with Crippen LogP contribution >= 0.6 is 27.5 Å². The van der Waals surface area contributed by atoms with Gasteiger partial charge in [-0.05, 0) is 32.0 Å². The van der Waals surface area contributed by atoms with Gasteiger partial charge >= 0.3 is 0 Å². The Morgan fingerprint density at radius 1 is 1.20 bits per heavy atom. The summed E-state index contributed by atoms with van der Waals surface area (Å²) in [6.45, 7) is 4.18. The topological polar surface area (TPSA) is 29.5 Å². The quantitative estimate of drug-likeness (QED) is 0.857. The van der Waals surface area contributed by atoms with Crippen molar-refractivity contribution in [3.05, 3.63) is 63.1 Å². The predicted octanol–water partition coefficient (Wildman–Crippen LogP) is 4.76. The number of hydrogen-bond donors (Lipinski definition) is 1. The van der Waals surface area contributed by atoms with Gasteiger partial charge in [0.1, 0.15) is 11.4 Å². The molecule has 2 rings (SSSR count). The molecule has 1 atom stereocenters. The van der Waals surface area contributed by atoms with Crippen LogP contribution in [0.1, 0.15) is 25.0 Å². The fourth-order valence-corrected chi connectivity index (χ4v) is 3.04. The summed E-state index contributed by atoms with van der Waals surface area (Å²) < 4.78 is 6.47. The normalized spacial score (nSPS) is 13.8. The van der Waals surface area contributed by atoms with E-state index in [1.165, 1.54) is 0 Å². The molecule has 0 aromatic heterocycles. The summed E-state index contributed by atoms with van der Waals surface area (Å²) >= 11 is 9.63. The lowest BCUT2D eigenvalue weighted by atomic mass is 9.87. The van der Waals surface area contributed by atoms with E-state index < -0.39 is 5.60 Å². The van der Waals surface area contributed by atoms with Gasteiger partial charge in [-0.25, -0.2) is 0 Å². The standard InChI is InChI=1S/C16H16BrClO2/c1-3-20-15-7-5-4-6-13(15)16(2,19)12-9-8-11(17)10-14(12)18/h4-10,19H,3H2,1-2H3. The second-order valence-electron chi connectivity index (χ2n) is 4.63. The lowest BCUT2D eigenvalue weighted by molar-refractivity contribution is 0.0982. The van der Waals surface area contributed by atoms with Gasteiger partial charge in [0.15, 0.2) is 0 Å². The van der Waals surface area contributed by atoms with Crippen LogP contribution in [0, 0.1) is 0 Å². The second-order valence-corrected chi connectivity index (χ2v) is 5.95. The summed E-state index contributed by atoms with van der Waals surface area (Å²) in [4.78, 5) is 0. The highest BCUT2D eigenvalue weighted by atomic mass is 79.9. The van der Waals surface area contributed by atoms with Crippen molar-refractivity contribution in [2.45, 2.75) is 19.4 Å². The SMILES string of the molecule is CCOc1ccccc1C(C)(O)c1ccc(Br)cc1Cl. The van der Waals surface area contributed by atoms with Crippen LogP contribution in [-0.2, 0) is 5.60 Å². The molecule has 106 valence electrons. The Bertz CT molecular complexity index is 611. The third kappa shape index (κ3) is 3.00. The summed E-state index contributed by atoms with van der Waals surface area (Å²) in [5.74, 6) is 0.666. The number of hydrogen-bond acceptors (Lipinski definition) is 2. The van der Waals surface area contributed by atoms with Gasteiger partial charge in [0.2, 0.25) is 0 Å². The fraction of sp³-hybridized carbons (Fsp3) is 0.250. The summed E-state index contributed by atoms with van der Waals surface area (Å²) in [7, 11) is 0. The Labute approximate surface area is 132 Å². The van der Waals surface area contributed by atoms with E-state index in [1.54, 1.807) is 13.0 Å². The molecule has 0 amide bonds. The molecule has 4 heteroatoms. The minimum absolute atomic E-state index is 0.510. The van der Waals surface area contributed by atoms with Crippen LogP contribution in [0.4, 0.5) is 0 Å². The number of para-hydroxylation sites is 1. The van der Waals surface area contributed by atoms with E-state index in [0.29, 0.717) is 28.5 Å². The first-order valence-corrected chi connectivity index (χ1v) is 7.54. The van der Waals surface area contributed by atoms with Crippen LogP contribution < -0.4 is 4.74 Å². The zero-order valence-corrected chi connectivity index (χ0v) is 13.7. The van der Waals surface area contributed by atoms with Gasteiger partial charge in [-0.1, -0.05) is 51.8 Å². The van der Waals surface area contributed by atoms with Crippen LogP contribution in [-0.4, -0.2) is 11.7 Å².